The quantitative estimate of drug-likeness (QED) is 0.412. The van der Waals surface area contributed by atoms with Crippen molar-refractivity contribution in [3.63, 3.8) is 0 Å². The molecule has 0 N–H and O–H groups in total. The second-order valence-electron chi connectivity index (χ2n) is 6.66. The Morgan fingerprint density at radius 1 is 1.20 bits per heavy atom. The van der Waals surface area contributed by atoms with E-state index in [1.54, 1.807) is 11.4 Å². The number of hydroxylamine groups is 2. The molecule has 1 aliphatic heterocycles. The van der Waals surface area contributed by atoms with E-state index in [1.165, 1.54) is 11.9 Å². The summed E-state index contributed by atoms with van der Waals surface area (Å²) in [6, 6.07) is 7.60. The summed E-state index contributed by atoms with van der Waals surface area (Å²) < 4.78 is 6.59. The highest BCUT2D eigenvalue weighted by molar-refractivity contribution is 7.97. The minimum absolute atomic E-state index is 0.104. The van der Waals surface area contributed by atoms with Gasteiger partial charge in [0, 0.05) is 31.0 Å². The van der Waals surface area contributed by atoms with Gasteiger partial charge < -0.3 is 4.74 Å². The van der Waals surface area contributed by atoms with Crippen LogP contribution < -0.4 is 4.65 Å². The van der Waals surface area contributed by atoms with Crippen LogP contribution in [0.3, 0.4) is 0 Å². The minimum Gasteiger partial charge on any atom is -0.463 e. The monoisotopic (exact) mass is 367 g/mol. The predicted octanol–water partition coefficient (Wildman–Crippen LogP) is 4.14. The first kappa shape index (κ1) is 19.8. The van der Waals surface area contributed by atoms with Crippen molar-refractivity contribution < 1.29 is 19.2 Å². The van der Waals surface area contributed by atoms with E-state index in [1.807, 2.05) is 52.0 Å². The number of urea groups is 1. The van der Waals surface area contributed by atoms with E-state index >= 15 is 0 Å². The molecule has 0 saturated carbocycles. The largest absolute Gasteiger partial charge is 0.467 e. The number of carbonyl (C=O) groups excluding carboxylic acids is 2. The van der Waals surface area contributed by atoms with Crippen LogP contribution in [0, 0.1) is 0 Å². The lowest BCUT2D eigenvalue weighted by Crippen LogP contribution is -2.58. The van der Waals surface area contributed by atoms with Crippen molar-refractivity contribution in [2.75, 3.05) is 13.6 Å². The molecule has 7 heteroatoms. The molecule has 1 aliphatic rings. The minimum atomic E-state index is -0.236. The molecule has 0 aromatic heterocycles. The average Bonchev–Trinajstić information content (AvgIpc) is 2.51. The smallest absolute Gasteiger partial charge is 0.463 e. The summed E-state index contributed by atoms with van der Waals surface area (Å²) in [5, 5.41) is 0. The van der Waals surface area contributed by atoms with Crippen LogP contribution >= 0.6 is 11.9 Å². The predicted molar refractivity (Wildman–Crippen MR) is 98.8 cm³/mol. The molecule has 1 atom stereocenters. The molecule has 2 rings (SSSR count). The molecular formula is C18H27N2O4S+. The number of benzene rings is 1. The summed E-state index contributed by atoms with van der Waals surface area (Å²) in [7, 11) is 1.76. The molecule has 0 bridgehead atoms. The fourth-order valence-electron chi connectivity index (χ4n) is 2.71. The number of esters is 1. The summed E-state index contributed by atoms with van der Waals surface area (Å²) >= 11 is 1.40. The van der Waals surface area contributed by atoms with Gasteiger partial charge >= 0.3 is 12.0 Å². The number of amides is 2. The van der Waals surface area contributed by atoms with Crippen molar-refractivity contribution in [1.82, 2.24) is 8.95 Å². The summed E-state index contributed by atoms with van der Waals surface area (Å²) in [5.41, 5.74) is 0.835. The standard InChI is InChI=1S/C18H27N2O4S/c1-13(2)23-17(21)11-8-12-19-18(22)20(5,24-14(3)4)15-9-6-7-10-16(15)25-19/h6-7,9-10,13-14H,8,11-12H2,1-5H3/q+1. The van der Waals surface area contributed by atoms with Crippen LogP contribution in [-0.2, 0) is 14.4 Å². The third-order valence-corrected chi connectivity index (χ3v) is 4.74. The SMILES string of the molecule is CC(C)OC(=O)CCCN1Sc2ccccc2[N+](C)(OC(C)C)C1=O. The Balaban J connectivity index is 2.11. The lowest BCUT2D eigenvalue weighted by molar-refractivity contribution is -0.147. The van der Waals surface area contributed by atoms with E-state index in [0.717, 1.165) is 10.6 Å². The Labute approximate surface area is 153 Å². The molecular weight excluding hydrogens is 340 g/mol. The topological polar surface area (TPSA) is 55.8 Å². The van der Waals surface area contributed by atoms with Gasteiger partial charge in [-0.1, -0.05) is 16.8 Å². The average molecular weight is 367 g/mol. The van der Waals surface area contributed by atoms with E-state index in [0.29, 0.717) is 19.4 Å². The van der Waals surface area contributed by atoms with E-state index < -0.39 is 0 Å². The van der Waals surface area contributed by atoms with Gasteiger partial charge in [-0.15, -0.1) is 0 Å². The van der Waals surface area contributed by atoms with Gasteiger partial charge in [0.2, 0.25) is 0 Å². The van der Waals surface area contributed by atoms with E-state index in [9.17, 15) is 9.59 Å². The number of nitrogens with zero attached hydrogens (tertiary/aromatic N) is 2. The molecule has 1 aromatic rings. The third-order valence-electron chi connectivity index (χ3n) is 3.64. The van der Waals surface area contributed by atoms with E-state index in [2.05, 4.69) is 0 Å². The number of fused-ring (bicyclic) bond motifs is 1. The molecule has 1 aromatic carbocycles. The second-order valence-corrected chi connectivity index (χ2v) is 7.73. The van der Waals surface area contributed by atoms with Gasteiger partial charge in [0.05, 0.1) is 11.0 Å². The van der Waals surface area contributed by atoms with Gasteiger partial charge in [-0.05, 0) is 40.2 Å². The van der Waals surface area contributed by atoms with Crippen molar-refractivity contribution in [3.8, 4) is 0 Å². The molecule has 0 saturated heterocycles. The highest BCUT2D eigenvalue weighted by Crippen LogP contribution is 2.42. The fraction of sp³-hybridized carbons (Fsp3) is 0.556. The maximum absolute atomic E-state index is 13.0. The van der Waals surface area contributed by atoms with Gasteiger partial charge in [0.15, 0.2) is 5.69 Å². The Hall–Kier alpha value is -1.57. The van der Waals surface area contributed by atoms with Crippen LogP contribution in [0.1, 0.15) is 40.5 Å². The first-order valence-corrected chi connectivity index (χ1v) is 9.35. The second kappa shape index (κ2) is 8.21. The Bertz CT molecular complexity index is 635. The van der Waals surface area contributed by atoms with E-state index in [4.69, 9.17) is 9.57 Å². The molecule has 0 aliphatic carbocycles. The van der Waals surface area contributed by atoms with Crippen LogP contribution in [0.15, 0.2) is 29.2 Å². The maximum atomic E-state index is 13.0. The Morgan fingerprint density at radius 2 is 1.88 bits per heavy atom. The van der Waals surface area contributed by atoms with Crippen LogP contribution in [0.2, 0.25) is 0 Å². The first-order chi connectivity index (χ1) is 11.7. The number of hydrogen-bond acceptors (Lipinski definition) is 5. The van der Waals surface area contributed by atoms with Crippen molar-refractivity contribution in [3.05, 3.63) is 24.3 Å². The van der Waals surface area contributed by atoms with Crippen LogP contribution in [0.4, 0.5) is 10.5 Å². The molecule has 0 fully saturated rings. The Morgan fingerprint density at radius 3 is 2.52 bits per heavy atom. The molecule has 2 amide bonds. The van der Waals surface area contributed by atoms with Gasteiger partial charge in [0.25, 0.3) is 0 Å². The van der Waals surface area contributed by atoms with Gasteiger partial charge in [-0.2, -0.15) is 4.84 Å². The number of quaternary nitrogens is 1. The van der Waals surface area contributed by atoms with Crippen LogP contribution in [0.25, 0.3) is 0 Å². The molecule has 6 nitrogen and oxygen atoms in total. The molecule has 1 unspecified atom stereocenters. The lowest BCUT2D eigenvalue weighted by Gasteiger charge is -2.38. The van der Waals surface area contributed by atoms with Crippen molar-refractivity contribution in [1.29, 1.82) is 0 Å². The number of ether oxygens (including phenoxy) is 1. The molecule has 138 valence electrons. The van der Waals surface area contributed by atoms with Crippen LogP contribution in [0.5, 0.6) is 0 Å². The fourth-order valence-corrected chi connectivity index (χ4v) is 3.88. The molecule has 0 spiro atoms. The number of para-hydroxylation sites is 1. The lowest BCUT2D eigenvalue weighted by atomic mass is 10.3. The first-order valence-electron chi connectivity index (χ1n) is 8.58. The normalized spacial score (nSPS) is 20.1. The highest BCUT2D eigenvalue weighted by atomic mass is 32.2. The molecule has 0 radical (unpaired) electrons. The van der Waals surface area contributed by atoms with Crippen molar-refractivity contribution >= 4 is 29.6 Å². The van der Waals surface area contributed by atoms with E-state index in [-0.39, 0.29) is 28.9 Å². The number of carbonyl (C=O) groups is 2. The summed E-state index contributed by atoms with van der Waals surface area (Å²) in [6.07, 6.45) is 0.616. The van der Waals surface area contributed by atoms with Crippen molar-refractivity contribution in [2.45, 2.75) is 57.6 Å². The highest BCUT2D eigenvalue weighted by Gasteiger charge is 2.48. The summed E-state index contributed by atoms with van der Waals surface area (Å²) in [4.78, 5) is 31.7. The van der Waals surface area contributed by atoms with Gasteiger partial charge in [0.1, 0.15) is 13.2 Å². The third kappa shape index (κ3) is 4.74. The van der Waals surface area contributed by atoms with Gasteiger partial charge in [-0.3, -0.25) is 4.79 Å². The molecule has 1 heterocycles. The summed E-state index contributed by atoms with van der Waals surface area (Å²) in [6.45, 7) is 7.93. The molecule has 25 heavy (non-hydrogen) atoms. The zero-order chi connectivity index (χ0) is 18.6. The summed E-state index contributed by atoms with van der Waals surface area (Å²) in [5.74, 6) is -0.236. The maximum Gasteiger partial charge on any atom is 0.467 e. The Kier molecular flexibility index (Phi) is 6.48. The zero-order valence-electron chi connectivity index (χ0n) is 15.5. The zero-order valence-corrected chi connectivity index (χ0v) is 16.3. The number of hydrogen-bond donors (Lipinski definition) is 0. The van der Waals surface area contributed by atoms with Gasteiger partial charge in [-0.25, -0.2) is 9.10 Å². The number of rotatable bonds is 7. The van der Waals surface area contributed by atoms with Crippen LogP contribution in [-0.4, -0.2) is 42.1 Å². The van der Waals surface area contributed by atoms with Crippen molar-refractivity contribution in [2.24, 2.45) is 0 Å².